The highest BCUT2D eigenvalue weighted by atomic mass is 31.2. The molecule has 0 aliphatic carbocycles. The number of nitrogens with zero attached hydrogens (tertiary/aromatic N) is 1. The maximum Gasteiger partial charge on any atom is 0.306 e. The Balaban J connectivity index is 4.06. The number of unbranched alkanes of at least 4 members (excludes halogenated alkanes) is 21. The second-order valence-electron chi connectivity index (χ2n) is 19.9. The molecule has 0 spiro atoms. The zero-order valence-corrected chi connectivity index (χ0v) is 47.0. The molecule has 0 heterocycles. The van der Waals surface area contributed by atoms with Crippen LogP contribution in [-0.2, 0) is 32.7 Å². The van der Waals surface area contributed by atoms with E-state index in [1.807, 2.05) is 21.1 Å². The molecule has 0 saturated heterocycles. The molecule has 10 heteroatoms. The van der Waals surface area contributed by atoms with E-state index in [0.29, 0.717) is 17.4 Å². The summed E-state index contributed by atoms with van der Waals surface area (Å²) >= 11 is 0. The Morgan fingerprint density at radius 3 is 1.21 bits per heavy atom. The first-order valence-corrected chi connectivity index (χ1v) is 29.9. The maximum atomic E-state index is 12.8. The molecular formula is C61H106NO8P. The predicted molar refractivity (Wildman–Crippen MR) is 300 cm³/mol. The molecule has 0 saturated carbocycles. The Labute approximate surface area is 436 Å². The van der Waals surface area contributed by atoms with Crippen LogP contribution in [0.4, 0.5) is 0 Å². The summed E-state index contributed by atoms with van der Waals surface area (Å²) < 4.78 is 34.0. The van der Waals surface area contributed by atoms with Crippen molar-refractivity contribution in [1.29, 1.82) is 0 Å². The first-order valence-electron chi connectivity index (χ1n) is 28.4. The lowest BCUT2D eigenvalue weighted by Crippen LogP contribution is -2.37. The van der Waals surface area contributed by atoms with Gasteiger partial charge in [-0.3, -0.25) is 14.2 Å². The highest BCUT2D eigenvalue weighted by Gasteiger charge is 2.21. The topological polar surface area (TPSA) is 111 Å². The number of hydrogen-bond acceptors (Lipinski definition) is 8. The monoisotopic (exact) mass is 1010 g/mol. The summed E-state index contributed by atoms with van der Waals surface area (Å²) in [6.07, 6.45) is 70.3. The lowest BCUT2D eigenvalue weighted by atomic mass is 10.0. The van der Waals surface area contributed by atoms with E-state index in [4.69, 9.17) is 18.5 Å². The van der Waals surface area contributed by atoms with E-state index >= 15 is 0 Å². The number of hydrogen-bond donors (Lipinski definition) is 0. The number of quaternary nitrogens is 1. The van der Waals surface area contributed by atoms with Gasteiger partial charge >= 0.3 is 11.9 Å². The van der Waals surface area contributed by atoms with Crippen molar-refractivity contribution in [3.05, 3.63) is 97.2 Å². The summed E-state index contributed by atoms with van der Waals surface area (Å²) in [7, 11) is 1.15. The number of carbonyl (C=O) groups is 2. The largest absolute Gasteiger partial charge is 0.756 e. The maximum absolute atomic E-state index is 12.8. The third kappa shape index (κ3) is 56.1. The van der Waals surface area contributed by atoms with Gasteiger partial charge in [0, 0.05) is 12.8 Å². The lowest BCUT2D eigenvalue weighted by Gasteiger charge is -2.28. The number of phosphoric acid groups is 1. The van der Waals surface area contributed by atoms with Crippen molar-refractivity contribution in [1.82, 2.24) is 0 Å². The van der Waals surface area contributed by atoms with Gasteiger partial charge in [-0.1, -0.05) is 214 Å². The number of rotatable bonds is 51. The molecule has 0 radical (unpaired) electrons. The average Bonchev–Trinajstić information content (AvgIpc) is 3.33. The Morgan fingerprint density at radius 1 is 0.451 bits per heavy atom. The summed E-state index contributed by atoms with van der Waals surface area (Å²) in [4.78, 5) is 37.7. The van der Waals surface area contributed by atoms with E-state index < -0.39 is 32.5 Å². The van der Waals surface area contributed by atoms with E-state index in [1.54, 1.807) is 0 Å². The van der Waals surface area contributed by atoms with Gasteiger partial charge in [-0.15, -0.1) is 0 Å². The van der Waals surface area contributed by atoms with Gasteiger partial charge in [-0.25, -0.2) is 0 Å². The molecule has 0 aliphatic rings. The molecule has 0 aromatic carbocycles. The van der Waals surface area contributed by atoms with Gasteiger partial charge < -0.3 is 27.9 Å². The first-order chi connectivity index (χ1) is 34.5. The van der Waals surface area contributed by atoms with Crippen LogP contribution in [-0.4, -0.2) is 70.0 Å². The number of likely N-dealkylation sites (N-methyl/N-ethyl adjacent to an activating group) is 1. The van der Waals surface area contributed by atoms with Gasteiger partial charge in [-0.05, 0) is 96.3 Å². The van der Waals surface area contributed by atoms with Crippen molar-refractivity contribution in [3.63, 3.8) is 0 Å². The number of esters is 2. The zero-order valence-electron chi connectivity index (χ0n) is 46.1. The van der Waals surface area contributed by atoms with Crippen LogP contribution in [0.1, 0.15) is 226 Å². The molecule has 0 rings (SSSR count). The van der Waals surface area contributed by atoms with Gasteiger partial charge in [0.25, 0.3) is 7.82 Å². The normalized spacial score (nSPS) is 14.1. The third-order valence-corrected chi connectivity index (χ3v) is 12.8. The second kappa shape index (κ2) is 51.8. The highest BCUT2D eigenvalue weighted by molar-refractivity contribution is 7.45. The van der Waals surface area contributed by atoms with E-state index in [1.165, 1.54) is 89.9 Å². The highest BCUT2D eigenvalue weighted by Crippen LogP contribution is 2.38. The van der Waals surface area contributed by atoms with Gasteiger partial charge in [-0.2, -0.15) is 0 Å². The molecule has 71 heavy (non-hydrogen) atoms. The quantitative estimate of drug-likeness (QED) is 0.0195. The summed E-state index contributed by atoms with van der Waals surface area (Å²) in [5.41, 5.74) is 0. The van der Waals surface area contributed by atoms with Crippen molar-refractivity contribution in [2.24, 2.45) is 0 Å². The number of phosphoric ester groups is 1. The second-order valence-corrected chi connectivity index (χ2v) is 21.3. The Bertz CT molecular complexity index is 1520. The van der Waals surface area contributed by atoms with E-state index in [-0.39, 0.29) is 26.1 Å². The summed E-state index contributed by atoms with van der Waals surface area (Å²) in [6.45, 7) is 4.08. The zero-order chi connectivity index (χ0) is 52.0. The molecule has 0 aromatic rings. The Hall–Kier alpha value is -3.07. The summed E-state index contributed by atoms with van der Waals surface area (Å²) in [6, 6.07) is 0. The Kier molecular flexibility index (Phi) is 49.6. The molecule has 0 amide bonds. The van der Waals surface area contributed by atoms with E-state index in [0.717, 1.165) is 103 Å². The van der Waals surface area contributed by atoms with Gasteiger partial charge in [0.1, 0.15) is 19.8 Å². The van der Waals surface area contributed by atoms with Crippen molar-refractivity contribution in [2.75, 3.05) is 47.5 Å². The van der Waals surface area contributed by atoms with Crippen LogP contribution in [0.2, 0.25) is 0 Å². The van der Waals surface area contributed by atoms with E-state index in [9.17, 15) is 19.0 Å². The number of allylic oxidation sites excluding steroid dienone is 16. The minimum Gasteiger partial charge on any atom is -0.756 e. The van der Waals surface area contributed by atoms with Crippen molar-refractivity contribution < 1.29 is 42.1 Å². The summed E-state index contributed by atoms with van der Waals surface area (Å²) in [5.74, 6) is -0.848. The van der Waals surface area contributed by atoms with Crippen LogP contribution in [0.3, 0.4) is 0 Å². The van der Waals surface area contributed by atoms with Gasteiger partial charge in [0.15, 0.2) is 6.10 Å². The fourth-order valence-electron chi connectivity index (χ4n) is 7.45. The molecule has 408 valence electrons. The molecular weight excluding hydrogens is 906 g/mol. The standard InChI is InChI=1S/C61H106NO8P/c1-6-8-10-12-14-16-18-20-21-22-23-24-25-26-27-28-29-30-31-32-33-34-35-36-37-38-39-40-41-42-44-46-48-50-52-54-61(64)70-59(58-69-71(65,66)68-56-55-62(3,4)5)57-67-60(63)53-51-49-47-45-43-19-17-15-13-11-9-7-2/h8,10,14-17,20-21,23-24,26-27,29-30,32-33,59H,6-7,9,11-13,18-19,22,25,28,31,34-58H2,1-5H3/b10-8-,16-14-,17-15-,21-20-,24-23-,27-26-,30-29-,33-32-. The van der Waals surface area contributed by atoms with Crippen LogP contribution in [0, 0.1) is 0 Å². The van der Waals surface area contributed by atoms with Crippen LogP contribution in [0.15, 0.2) is 97.2 Å². The number of ether oxygens (including phenoxy) is 2. The molecule has 0 aromatic heterocycles. The minimum absolute atomic E-state index is 0.0355. The average molecular weight is 1010 g/mol. The van der Waals surface area contributed by atoms with Gasteiger partial charge in [0.05, 0.1) is 27.7 Å². The lowest BCUT2D eigenvalue weighted by molar-refractivity contribution is -0.870. The predicted octanol–water partition coefficient (Wildman–Crippen LogP) is 17.0. The molecule has 2 unspecified atom stereocenters. The van der Waals surface area contributed by atoms with Crippen molar-refractivity contribution in [2.45, 2.75) is 232 Å². The molecule has 9 nitrogen and oxygen atoms in total. The molecule has 2 atom stereocenters. The van der Waals surface area contributed by atoms with Crippen LogP contribution >= 0.6 is 7.82 Å². The fourth-order valence-corrected chi connectivity index (χ4v) is 8.18. The molecule has 0 fully saturated rings. The molecule has 0 bridgehead atoms. The minimum atomic E-state index is -4.64. The first kappa shape index (κ1) is 67.9. The van der Waals surface area contributed by atoms with Crippen molar-refractivity contribution in [3.8, 4) is 0 Å². The third-order valence-electron chi connectivity index (χ3n) is 11.8. The number of carbonyl (C=O) groups excluding carboxylic acids is 2. The van der Waals surface area contributed by atoms with Crippen LogP contribution in [0.25, 0.3) is 0 Å². The van der Waals surface area contributed by atoms with Crippen LogP contribution in [0.5, 0.6) is 0 Å². The SMILES string of the molecule is CC/C=C\C/C=C\C/C=C\C/C=C\C/C=C\C/C=C\C/C=C\CCCCCCCCCCCCCCCC(=O)OC(COC(=O)CCCCCCC/C=C\CCCCC)COP(=O)([O-])OCC[N+](C)(C)C. The smallest absolute Gasteiger partial charge is 0.306 e. The molecule has 0 aliphatic heterocycles. The van der Waals surface area contributed by atoms with Gasteiger partial charge in [0.2, 0.25) is 0 Å². The fraction of sp³-hybridized carbons (Fsp3) is 0.705. The van der Waals surface area contributed by atoms with Crippen LogP contribution < -0.4 is 4.89 Å². The summed E-state index contributed by atoms with van der Waals surface area (Å²) in [5, 5.41) is 0. The molecule has 0 N–H and O–H groups in total. The van der Waals surface area contributed by atoms with Crippen molar-refractivity contribution >= 4 is 19.8 Å². The Morgan fingerprint density at radius 2 is 0.803 bits per heavy atom. The van der Waals surface area contributed by atoms with E-state index in [2.05, 4.69) is 111 Å².